The minimum absolute atomic E-state index is 0.380. The Kier molecular flexibility index (Phi) is 4.25. The van der Waals surface area contributed by atoms with Gasteiger partial charge in [-0.3, -0.25) is 0 Å². The predicted molar refractivity (Wildman–Crippen MR) is 62.4 cm³/mol. The van der Waals surface area contributed by atoms with Gasteiger partial charge in [0.05, 0.1) is 0 Å². The van der Waals surface area contributed by atoms with Crippen LogP contribution in [0.1, 0.15) is 20.8 Å². The molecular formula is C11H17NO2Sn. The Hall–Kier alpha value is -0.451. The summed E-state index contributed by atoms with van der Waals surface area (Å²) in [5.74, 6) is 1.58. The molecule has 0 spiro atoms. The average molecular weight is 314 g/mol. The number of aromatic nitrogens is 1. The molecular weight excluding hydrogens is 297 g/mol. The number of pyridine rings is 1. The molecule has 15 heavy (non-hydrogen) atoms. The Morgan fingerprint density at radius 2 is 1.87 bits per heavy atom. The van der Waals surface area contributed by atoms with Gasteiger partial charge in [-0.05, 0) is 0 Å². The standard InChI is InChI=1S/C7H8NO2.C4H9.Sn/c1-9-6-3-4-7(10-2)8-5-6;1-4(2)3;/h3,5H,1-2H3;1-3H3;. The zero-order valence-corrected chi connectivity index (χ0v) is 12.8. The second-order valence-corrected chi connectivity index (χ2v) is 10.8. The summed E-state index contributed by atoms with van der Waals surface area (Å²) in [5, 5.41) is 0. The molecule has 0 saturated heterocycles. The molecule has 0 bridgehead atoms. The second-order valence-electron chi connectivity index (χ2n) is 4.31. The summed E-state index contributed by atoms with van der Waals surface area (Å²) in [6.45, 7) is 6.79. The number of ether oxygens (including phenoxy) is 2. The van der Waals surface area contributed by atoms with Crippen molar-refractivity contribution in [1.29, 1.82) is 0 Å². The molecule has 2 radical (unpaired) electrons. The zero-order valence-electron chi connectivity index (χ0n) is 9.92. The molecule has 0 aliphatic carbocycles. The quantitative estimate of drug-likeness (QED) is 0.795. The van der Waals surface area contributed by atoms with Gasteiger partial charge in [-0.2, -0.15) is 0 Å². The molecule has 0 aromatic carbocycles. The van der Waals surface area contributed by atoms with Crippen LogP contribution in [0.15, 0.2) is 12.3 Å². The van der Waals surface area contributed by atoms with E-state index in [9.17, 15) is 0 Å². The third-order valence-electron chi connectivity index (χ3n) is 1.76. The average Bonchev–Trinajstić information content (AvgIpc) is 2.15. The summed E-state index contributed by atoms with van der Waals surface area (Å²) in [6, 6.07) is 2.06. The molecule has 3 nitrogen and oxygen atoms in total. The van der Waals surface area contributed by atoms with Crippen molar-refractivity contribution in [3.05, 3.63) is 12.3 Å². The Labute approximate surface area is 101 Å². The van der Waals surface area contributed by atoms with E-state index in [0.717, 1.165) is 11.6 Å². The van der Waals surface area contributed by atoms with Gasteiger partial charge in [-0.1, -0.05) is 0 Å². The number of rotatable bonds is 3. The van der Waals surface area contributed by atoms with Crippen molar-refractivity contribution >= 4 is 24.7 Å². The molecule has 1 rings (SSSR count). The van der Waals surface area contributed by atoms with Gasteiger partial charge < -0.3 is 0 Å². The number of methoxy groups -OCH3 is 2. The summed E-state index contributed by atoms with van der Waals surface area (Å²) in [4.78, 5) is 4.25. The van der Waals surface area contributed by atoms with E-state index in [2.05, 4.69) is 31.8 Å². The van der Waals surface area contributed by atoms with Gasteiger partial charge >= 0.3 is 101 Å². The normalized spacial score (nSPS) is 11.3. The molecule has 4 heteroatoms. The fourth-order valence-electron chi connectivity index (χ4n) is 1.20. The van der Waals surface area contributed by atoms with Crippen LogP contribution in [-0.2, 0) is 0 Å². The maximum atomic E-state index is 5.27. The van der Waals surface area contributed by atoms with Crippen LogP contribution in [0.3, 0.4) is 0 Å². The summed E-state index contributed by atoms with van der Waals surface area (Å²) >= 11 is -0.709. The van der Waals surface area contributed by atoms with Crippen molar-refractivity contribution in [1.82, 2.24) is 4.98 Å². The Morgan fingerprint density at radius 3 is 2.33 bits per heavy atom. The molecule has 82 valence electrons. The predicted octanol–water partition coefficient (Wildman–Crippen LogP) is 1.65. The minimum atomic E-state index is -0.709. The summed E-state index contributed by atoms with van der Waals surface area (Å²) in [6.07, 6.45) is 1.70. The third-order valence-corrected chi connectivity index (χ3v) is 5.70. The van der Waals surface area contributed by atoms with Crippen LogP contribution in [0.25, 0.3) is 0 Å². The van der Waals surface area contributed by atoms with Crippen LogP contribution in [0.2, 0.25) is 3.43 Å². The van der Waals surface area contributed by atoms with Crippen LogP contribution in [-0.4, -0.2) is 40.3 Å². The van der Waals surface area contributed by atoms with Crippen molar-refractivity contribution in [3.63, 3.8) is 0 Å². The van der Waals surface area contributed by atoms with Crippen molar-refractivity contribution in [2.75, 3.05) is 14.2 Å². The van der Waals surface area contributed by atoms with E-state index in [1.807, 2.05) is 0 Å². The number of hydrogen-bond donors (Lipinski definition) is 0. The van der Waals surface area contributed by atoms with Gasteiger partial charge in [0.1, 0.15) is 0 Å². The van der Waals surface area contributed by atoms with Crippen LogP contribution in [0.5, 0.6) is 11.6 Å². The van der Waals surface area contributed by atoms with E-state index in [0.29, 0.717) is 3.43 Å². The van der Waals surface area contributed by atoms with E-state index in [1.165, 1.54) is 3.58 Å². The molecule has 0 unspecified atom stereocenters. The molecule has 0 aliphatic rings. The molecule has 1 heterocycles. The van der Waals surface area contributed by atoms with Gasteiger partial charge in [0.25, 0.3) is 0 Å². The topological polar surface area (TPSA) is 31.4 Å². The van der Waals surface area contributed by atoms with E-state index in [4.69, 9.17) is 9.47 Å². The Balaban J connectivity index is 3.01. The number of nitrogens with zero attached hydrogens (tertiary/aromatic N) is 1. The van der Waals surface area contributed by atoms with Gasteiger partial charge in [0, 0.05) is 0 Å². The Morgan fingerprint density at radius 1 is 1.20 bits per heavy atom. The van der Waals surface area contributed by atoms with Crippen molar-refractivity contribution in [3.8, 4) is 11.6 Å². The Bertz CT molecular complexity index is 334. The van der Waals surface area contributed by atoms with Crippen molar-refractivity contribution in [2.24, 2.45) is 0 Å². The van der Waals surface area contributed by atoms with E-state index in [-0.39, 0.29) is 0 Å². The van der Waals surface area contributed by atoms with Crippen molar-refractivity contribution < 1.29 is 9.47 Å². The van der Waals surface area contributed by atoms with Gasteiger partial charge in [-0.15, -0.1) is 0 Å². The molecule has 1 aromatic rings. The molecule has 0 saturated carbocycles. The van der Waals surface area contributed by atoms with E-state index in [1.54, 1.807) is 20.4 Å². The first kappa shape index (κ1) is 12.6. The molecule has 0 aliphatic heterocycles. The van der Waals surface area contributed by atoms with Crippen LogP contribution < -0.4 is 13.1 Å². The SMILES string of the molecule is COc1cnc(OC)[c]([Sn][C](C)(C)C)c1. The van der Waals surface area contributed by atoms with Gasteiger partial charge in [0.2, 0.25) is 0 Å². The van der Waals surface area contributed by atoms with Crippen LogP contribution in [0.4, 0.5) is 0 Å². The monoisotopic (exact) mass is 315 g/mol. The van der Waals surface area contributed by atoms with Crippen molar-refractivity contribution in [2.45, 2.75) is 24.2 Å². The molecule has 0 amide bonds. The van der Waals surface area contributed by atoms with E-state index >= 15 is 0 Å². The molecule has 0 N–H and O–H groups in total. The number of hydrogen-bond acceptors (Lipinski definition) is 3. The molecule has 1 aromatic heterocycles. The second kappa shape index (κ2) is 5.05. The van der Waals surface area contributed by atoms with Gasteiger partial charge in [-0.25, -0.2) is 0 Å². The third kappa shape index (κ3) is 3.89. The zero-order chi connectivity index (χ0) is 11.5. The summed E-state index contributed by atoms with van der Waals surface area (Å²) in [5.41, 5.74) is 0. The maximum absolute atomic E-state index is 5.27. The van der Waals surface area contributed by atoms with Crippen LogP contribution in [0, 0.1) is 0 Å². The molecule has 0 fully saturated rings. The fourth-order valence-corrected chi connectivity index (χ4v) is 4.90. The van der Waals surface area contributed by atoms with E-state index < -0.39 is 21.1 Å². The fraction of sp³-hybridized carbons (Fsp3) is 0.545. The summed E-state index contributed by atoms with van der Waals surface area (Å²) in [7, 11) is 3.33. The summed E-state index contributed by atoms with van der Waals surface area (Å²) < 4.78 is 12.1. The first-order chi connectivity index (χ1) is 6.96. The first-order valence-corrected chi connectivity index (χ1v) is 7.68. The first-order valence-electron chi connectivity index (χ1n) is 4.82. The molecule has 0 atom stereocenters. The van der Waals surface area contributed by atoms with Gasteiger partial charge in [0.15, 0.2) is 0 Å². The van der Waals surface area contributed by atoms with Crippen LogP contribution >= 0.6 is 0 Å².